The first-order valence-corrected chi connectivity index (χ1v) is 12.0. The summed E-state index contributed by atoms with van der Waals surface area (Å²) in [6.07, 6.45) is 5.74. The number of likely N-dealkylation sites (N-methyl/N-ethyl adjacent to an activating group) is 1. The second-order valence-electron chi connectivity index (χ2n) is 9.18. The van der Waals surface area contributed by atoms with Gasteiger partial charge >= 0.3 is 0 Å². The Morgan fingerprint density at radius 3 is 2.57 bits per heavy atom. The van der Waals surface area contributed by atoms with E-state index in [4.69, 9.17) is 9.47 Å². The highest BCUT2D eigenvalue weighted by molar-refractivity contribution is 5.82. The molecule has 2 fully saturated rings. The first-order chi connectivity index (χ1) is 17.2. The van der Waals surface area contributed by atoms with Crippen molar-refractivity contribution in [3.8, 4) is 5.75 Å². The van der Waals surface area contributed by atoms with E-state index in [1.54, 1.807) is 12.4 Å². The summed E-state index contributed by atoms with van der Waals surface area (Å²) in [5, 5.41) is 7.66. The molecule has 0 radical (unpaired) electrons. The number of nitrogens with zero attached hydrogens (tertiary/aromatic N) is 4. The van der Waals surface area contributed by atoms with Gasteiger partial charge in [-0.1, -0.05) is 18.2 Å². The van der Waals surface area contributed by atoms with Gasteiger partial charge in [0.25, 0.3) is 0 Å². The van der Waals surface area contributed by atoms with Crippen molar-refractivity contribution in [1.82, 2.24) is 19.9 Å². The van der Waals surface area contributed by atoms with E-state index in [2.05, 4.69) is 43.6 Å². The second-order valence-corrected chi connectivity index (χ2v) is 9.18. The van der Waals surface area contributed by atoms with Crippen molar-refractivity contribution >= 4 is 34.0 Å². The largest absolute Gasteiger partial charge is 0.490 e. The van der Waals surface area contributed by atoms with Gasteiger partial charge in [0.05, 0.1) is 30.6 Å². The number of anilines is 4. The van der Waals surface area contributed by atoms with Gasteiger partial charge in [0.2, 0.25) is 5.95 Å². The van der Waals surface area contributed by atoms with Crippen molar-refractivity contribution < 1.29 is 12.3 Å². The number of benzene rings is 2. The Labute approximate surface area is 207 Å². The summed E-state index contributed by atoms with van der Waals surface area (Å²) >= 11 is 0. The van der Waals surface area contributed by atoms with Crippen molar-refractivity contribution in [3.63, 3.8) is 0 Å². The summed E-state index contributed by atoms with van der Waals surface area (Å²) in [6.45, 7) is 1.59. The number of hydrogen-bond donors (Lipinski definition) is 2. The van der Waals surface area contributed by atoms with Crippen LogP contribution in [0.3, 0.4) is 0 Å². The topological polar surface area (TPSA) is 84.4 Å². The molecule has 1 unspecified atom stereocenters. The monoisotopic (exact) mass is 472 g/mol. The number of piperidine rings is 1. The molecule has 0 spiro atoms. The fourth-order valence-electron chi connectivity index (χ4n) is 4.86. The lowest BCUT2D eigenvalue weighted by Crippen LogP contribution is -2.57. The van der Waals surface area contributed by atoms with Crippen LogP contribution < -0.4 is 15.4 Å². The first kappa shape index (κ1) is 21.8. The Morgan fingerprint density at radius 1 is 0.943 bits per heavy atom. The lowest BCUT2D eigenvalue weighted by molar-refractivity contribution is -0.0879. The molecule has 2 aliphatic heterocycles. The molecule has 4 aromatic rings. The molecule has 2 saturated heterocycles. The second kappa shape index (κ2) is 9.48. The van der Waals surface area contributed by atoms with E-state index in [-0.39, 0.29) is 8.96 Å². The highest BCUT2D eigenvalue weighted by Gasteiger charge is 2.37. The fourth-order valence-corrected chi connectivity index (χ4v) is 4.86. The normalized spacial score (nSPS) is 22.0. The van der Waals surface area contributed by atoms with Gasteiger partial charge in [-0.3, -0.25) is 9.88 Å². The number of ether oxygens (including phenoxy) is 2. The minimum atomic E-state index is 0. The zero-order chi connectivity index (χ0) is 23.6. The van der Waals surface area contributed by atoms with Crippen LogP contribution in [0.15, 0.2) is 73.1 Å². The van der Waals surface area contributed by atoms with Crippen molar-refractivity contribution in [2.45, 2.75) is 31.0 Å². The number of fused-ring (bicyclic) bond motifs is 3. The molecular formula is C27H32N6O2. The summed E-state index contributed by atoms with van der Waals surface area (Å²) in [5.41, 5.74) is 2.73. The number of morpholine rings is 1. The molecule has 8 nitrogen and oxygen atoms in total. The number of para-hydroxylation sites is 1. The highest BCUT2D eigenvalue weighted by atomic mass is 16.5. The Bertz CT molecular complexity index is 1310. The third-order valence-electron chi connectivity index (χ3n) is 6.77. The van der Waals surface area contributed by atoms with Crippen LogP contribution >= 0.6 is 0 Å². The van der Waals surface area contributed by atoms with Crippen LogP contribution in [0, 0.1) is 0 Å². The molecule has 6 rings (SSSR count). The third kappa shape index (κ3) is 4.89. The number of aromatic nitrogens is 3. The Hall–Kier alpha value is -3.75. The van der Waals surface area contributed by atoms with Crippen molar-refractivity contribution in [1.29, 1.82) is 0 Å². The van der Waals surface area contributed by atoms with Crippen LogP contribution in [0.25, 0.3) is 10.9 Å². The summed E-state index contributed by atoms with van der Waals surface area (Å²) in [6, 6.07) is 20.8. The van der Waals surface area contributed by atoms with E-state index in [1.807, 2.05) is 54.6 Å². The molecule has 0 amide bonds. The summed E-state index contributed by atoms with van der Waals surface area (Å²) in [5.74, 6) is 2.08. The van der Waals surface area contributed by atoms with Crippen LogP contribution in [-0.4, -0.2) is 58.3 Å². The third-order valence-corrected chi connectivity index (χ3v) is 6.77. The van der Waals surface area contributed by atoms with E-state index in [1.165, 1.54) is 0 Å². The van der Waals surface area contributed by atoms with Crippen LogP contribution in [0.1, 0.15) is 15.7 Å². The molecule has 2 N–H and O–H groups in total. The van der Waals surface area contributed by atoms with Gasteiger partial charge in [-0.25, -0.2) is 4.98 Å². The highest BCUT2D eigenvalue weighted by Crippen LogP contribution is 2.30. The van der Waals surface area contributed by atoms with Gasteiger partial charge in [-0.2, -0.15) is 4.98 Å². The van der Waals surface area contributed by atoms with Crippen molar-refractivity contribution in [3.05, 3.63) is 73.1 Å². The van der Waals surface area contributed by atoms with Gasteiger partial charge in [0.15, 0.2) is 0 Å². The first-order valence-electron chi connectivity index (χ1n) is 12.0. The molecule has 2 aliphatic rings. The molecule has 35 heavy (non-hydrogen) atoms. The molecule has 0 saturated carbocycles. The van der Waals surface area contributed by atoms with E-state index >= 15 is 0 Å². The Balaban J connectivity index is 0.00000160. The average molecular weight is 473 g/mol. The summed E-state index contributed by atoms with van der Waals surface area (Å²) in [7, 11) is 2.19. The number of rotatable bonds is 6. The smallest absolute Gasteiger partial charge is 0.229 e. The molecular weight excluding hydrogens is 440 g/mol. The standard InChI is InChI=1S/C27H28N6O2.2H2/c1-33-21-13-24(14-22(33)17-34-16-21)35-23-8-6-19(7-9-23)31-27-28-11-10-26(32-27)30-20-12-18-4-2-3-5-25(18)29-15-20;;/h2-12,15,21-22,24H,13-14,16-17H2,1H3,(H2,28,30,31,32);2*1H/t21-,22+,24?;;. The Morgan fingerprint density at radius 2 is 1.74 bits per heavy atom. The van der Waals surface area contributed by atoms with Crippen molar-refractivity contribution in [2.75, 3.05) is 30.9 Å². The maximum Gasteiger partial charge on any atom is 0.229 e. The van der Waals surface area contributed by atoms with Gasteiger partial charge in [0, 0.05) is 45.0 Å². The molecule has 0 aliphatic carbocycles. The minimum absolute atomic E-state index is 0. The maximum absolute atomic E-state index is 6.30. The number of pyridine rings is 1. The molecule has 4 heterocycles. The van der Waals surface area contributed by atoms with Crippen LogP contribution in [0.2, 0.25) is 0 Å². The van der Waals surface area contributed by atoms with Gasteiger partial charge in [0.1, 0.15) is 17.7 Å². The van der Waals surface area contributed by atoms with Gasteiger partial charge < -0.3 is 20.1 Å². The van der Waals surface area contributed by atoms with Crippen LogP contribution in [0.4, 0.5) is 23.1 Å². The maximum atomic E-state index is 6.30. The molecule has 2 aromatic carbocycles. The molecule has 2 bridgehead atoms. The van der Waals surface area contributed by atoms with Gasteiger partial charge in [-0.15, -0.1) is 0 Å². The summed E-state index contributed by atoms with van der Waals surface area (Å²) in [4.78, 5) is 15.9. The lowest BCUT2D eigenvalue weighted by Gasteiger charge is -2.46. The van der Waals surface area contributed by atoms with Crippen LogP contribution in [-0.2, 0) is 4.74 Å². The van der Waals surface area contributed by atoms with E-state index in [0.717, 1.165) is 54.1 Å². The lowest BCUT2D eigenvalue weighted by atomic mass is 9.92. The molecule has 182 valence electrons. The molecule has 8 heteroatoms. The summed E-state index contributed by atoms with van der Waals surface area (Å²) < 4.78 is 12.0. The average Bonchev–Trinajstić information content (AvgIpc) is 2.86. The predicted molar refractivity (Wildman–Crippen MR) is 141 cm³/mol. The SMILES string of the molecule is CN1[C@@H]2COC[C@H]1CC(Oc1ccc(Nc3nccc(Nc4cnc5ccccc5c4)n3)cc1)C2.[HH].[HH]. The molecule has 3 atom stereocenters. The van der Waals surface area contributed by atoms with Crippen LogP contribution in [0.5, 0.6) is 5.75 Å². The zero-order valence-electron chi connectivity index (χ0n) is 19.6. The van der Waals surface area contributed by atoms with Crippen molar-refractivity contribution in [2.24, 2.45) is 0 Å². The molecule has 2 aromatic heterocycles. The minimum Gasteiger partial charge on any atom is -0.490 e. The zero-order valence-corrected chi connectivity index (χ0v) is 19.6. The van der Waals surface area contributed by atoms with E-state index in [9.17, 15) is 0 Å². The Kier molecular flexibility index (Phi) is 5.89. The van der Waals surface area contributed by atoms with E-state index in [0.29, 0.717) is 23.8 Å². The quantitative estimate of drug-likeness (QED) is 0.394. The van der Waals surface area contributed by atoms with Gasteiger partial charge in [-0.05, 0) is 49.5 Å². The van der Waals surface area contributed by atoms with E-state index < -0.39 is 0 Å². The predicted octanol–water partition coefficient (Wildman–Crippen LogP) is 5.24. The number of hydrogen-bond acceptors (Lipinski definition) is 8. The number of nitrogens with one attached hydrogen (secondary N) is 2. The fraction of sp³-hybridized carbons (Fsp3) is 0.296.